The minimum absolute atomic E-state index is 0.0244. The largest absolute Gasteiger partial charge is 0.497 e. The standard InChI is InChI=1S/C25H34N2O6S/c1-31-21-8-6-19(7-9-21)4-5-20-13-16-27(17-14-20)25(28)12-15-26-34(29,30)22-10-11-23(32-2)24(18-22)33-3/h6-11,18,20,26H,4-5,12-17H2,1-3H3. The molecule has 1 heterocycles. The molecule has 0 spiro atoms. The van der Waals surface area contributed by atoms with Crippen LogP contribution in [0.5, 0.6) is 17.2 Å². The highest BCUT2D eigenvalue weighted by atomic mass is 32.2. The van der Waals surface area contributed by atoms with Gasteiger partial charge in [0.2, 0.25) is 15.9 Å². The van der Waals surface area contributed by atoms with E-state index in [4.69, 9.17) is 14.2 Å². The van der Waals surface area contributed by atoms with Crippen LogP contribution >= 0.6 is 0 Å². The third-order valence-electron chi connectivity index (χ3n) is 6.26. The van der Waals surface area contributed by atoms with Crippen LogP contribution in [0.25, 0.3) is 0 Å². The van der Waals surface area contributed by atoms with Crippen molar-refractivity contribution >= 4 is 15.9 Å². The molecular formula is C25H34N2O6S. The van der Waals surface area contributed by atoms with E-state index in [1.807, 2.05) is 17.0 Å². The number of aryl methyl sites for hydroxylation is 1. The molecule has 1 saturated heterocycles. The van der Waals surface area contributed by atoms with Gasteiger partial charge in [-0.05, 0) is 61.4 Å². The van der Waals surface area contributed by atoms with Gasteiger partial charge in [-0.25, -0.2) is 13.1 Å². The molecule has 0 aliphatic carbocycles. The van der Waals surface area contributed by atoms with Gasteiger partial charge in [-0.15, -0.1) is 0 Å². The van der Waals surface area contributed by atoms with Gasteiger partial charge in [-0.2, -0.15) is 0 Å². The Morgan fingerprint density at radius 2 is 1.65 bits per heavy atom. The Bertz CT molecular complexity index is 1050. The predicted octanol–water partition coefficient (Wildman–Crippen LogP) is 3.25. The number of hydrogen-bond acceptors (Lipinski definition) is 6. The quantitative estimate of drug-likeness (QED) is 0.520. The Morgan fingerprint density at radius 3 is 2.26 bits per heavy atom. The SMILES string of the molecule is COc1ccc(CCC2CCN(C(=O)CCNS(=O)(=O)c3ccc(OC)c(OC)c3)CC2)cc1. The minimum Gasteiger partial charge on any atom is -0.497 e. The molecule has 1 aliphatic heterocycles. The van der Waals surface area contributed by atoms with Gasteiger partial charge >= 0.3 is 0 Å². The molecule has 1 fully saturated rings. The number of nitrogens with zero attached hydrogens (tertiary/aromatic N) is 1. The summed E-state index contributed by atoms with van der Waals surface area (Å²) >= 11 is 0. The van der Waals surface area contributed by atoms with Crippen LogP contribution < -0.4 is 18.9 Å². The maximum Gasteiger partial charge on any atom is 0.240 e. The van der Waals surface area contributed by atoms with Gasteiger partial charge in [0.05, 0.1) is 26.2 Å². The predicted molar refractivity (Wildman–Crippen MR) is 130 cm³/mol. The molecule has 0 saturated carbocycles. The first-order chi connectivity index (χ1) is 16.4. The highest BCUT2D eigenvalue weighted by molar-refractivity contribution is 7.89. The summed E-state index contributed by atoms with van der Waals surface area (Å²) < 4.78 is 43.2. The molecule has 0 bridgehead atoms. The molecular weight excluding hydrogens is 456 g/mol. The third kappa shape index (κ3) is 6.87. The van der Waals surface area contributed by atoms with Crippen LogP contribution in [0.4, 0.5) is 0 Å². The Morgan fingerprint density at radius 1 is 0.971 bits per heavy atom. The highest BCUT2D eigenvalue weighted by Gasteiger charge is 2.23. The number of methoxy groups -OCH3 is 3. The third-order valence-corrected chi connectivity index (χ3v) is 7.72. The van der Waals surface area contributed by atoms with Crippen molar-refractivity contribution in [2.45, 2.75) is 37.0 Å². The highest BCUT2D eigenvalue weighted by Crippen LogP contribution is 2.29. The van der Waals surface area contributed by atoms with E-state index < -0.39 is 10.0 Å². The fourth-order valence-corrected chi connectivity index (χ4v) is 5.20. The number of likely N-dealkylation sites (tertiary alicyclic amines) is 1. The molecule has 8 nitrogen and oxygen atoms in total. The van der Waals surface area contributed by atoms with E-state index >= 15 is 0 Å². The molecule has 0 aromatic heterocycles. The molecule has 0 atom stereocenters. The van der Waals surface area contributed by atoms with Gasteiger partial charge in [0.15, 0.2) is 11.5 Å². The molecule has 0 radical (unpaired) electrons. The zero-order valence-electron chi connectivity index (χ0n) is 20.1. The number of ether oxygens (including phenoxy) is 3. The first kappa shape index (κ1) is 25.8. The molecule has 9 heteroatoms. The van der Waals surface area contributed by atoms with Gasteiger partial charge in [-0.1, -0.05) is 12.1 Å². The molecule has 2 aromatic carbocycles. The maximum absolute atomic E-state index is 12.6. The Labute approximate surface area is 202 Å². The van der Waals surface area contributed by atoms with Crippen LogP contribution in [0.2, 0.25) is 0 Å². The molecule has 186 valence electrons. The monoisotopic (exact) mass is 490 g/mol. The number of carbonyl (C=O) groups excluding carboxylic acids is 1. The molecule has 0 unspecified atom stereocenters. The number of hydrogen-bond donors (Lipinski definition) is 1. The summed E-state index contributed by atoms with van der Waals surface area (Å²) in [4.78, 5) is 14.5. The Balaban J connectivity index is 1.41. The van der Waals surface area contributed by atoms with Crippen molar-refractivity contribution < 1.29 is 27.4 Å². The number of sulfonamides is 1. The molecule has 34 heavy (non-hydrogen) atoms. The van der Waals surface area contributed by atoms with E-state index in [1.165, 1.54) is 38.0 Å². The van der Waals surface area contributed by atoms with Crippen LogP contribution in [0.3, 0.4) is 0 Å². The number of benzene rings is 2. The number of carbonyl (C=O) groups is 1. The fourth-order valence-electron chi connectivity index (χ4n) is 4.15. The lowest BCUT2D eigenvalue weighted by Crippen LogP contribution is -2.40. The van der Waals surface area contributed by atoms with E-state index in [0.717, 1.165) is 31.4 Å². The lowest BCUT2D eigenvalue weighted by atomic mass is 9.90. The summed E-state index contributed by atoms with van der Waals surface area (Å²) in [5, 5.41) is 0. The zero-order chi connectivity index (χ0) is 24.6. The first-order valence-corrected chi connectivity index (χ1v) is 13.0. The molecule has 1 aliphatic rings. The maximum atomic E-state index is 12.6. The molecule has 1 amide bonds. The summed E-state index contributed by atoms with van der Waals surface area (Å²) in [6.07, 6.45) is 4.18. The van der Waals surface area contributed by atoms with Crippen molar-refractivity contribution in [3.8, 4) is 17.2 Å². The van der Waals surface area contributed by atoms with Crippen molar-refractivity contribution in [2.24, 2.45) is 5.92 Å². The van der Waals surface area contributed by atoms with Gasteiger partial charge in [0.25, 0.3) is 0 Å². The van der Waals surface area contributed by atoms with Crippen molar-refractivity contribution in [3.05, 3.63) is 48.0 Å². The topological polar surface area (TPSA) is 94.2 Å². The number of rotatable bonds is 11. The average Bonchev–Trinajstić information content (AvgIpc) is 2.87. The van der Waals surface area contributed by atoms with Gasteiger partial charge in [-0.3, -0.25) is 4.79 Å². The Hall–Kier alpha value is -2.78. The van der Waals surface area contributed by atoms with Crippen LogP contribution in [-0.2, 0) is 21.2 Å². The van der Waals surface area contributed by atoms with E-state index in [0.29, 0.717) is 30.5 Å². The van der Waals surface area contributed by atoms with Crippen LogP contribution in [0.1, 0.15) is 31.2 Å². The number of amides is 1. The van der Waals surface area contributed by atoms with Crippen molar-refractivity contribution in [3.63, 3.8) is 0 Å². The summed E-state index contributed by atoms with van der Waals surface area (Å²) in [5.74, 6) is 2.21. The molecule has 3 rings (SSSR count). The first-order valence-electron chi connectivity index (χ1n) is 11.5. The average molecular weight is 491 g/mol. The summed E-state index contributed by atoms with van der Waals surface area (Å²) in [6, 6.07) is 12.5. The lowest BCUT2D eigenvalue weighted by Gasteiger charge is -2.32. The fraction of sp³-hybridized carbons (Fsp3) is 0.480. The minimum atomic E-state index is -3.76. The number of nitrogens with one attached hydrogen (secondary N) is 1. The van der Waals surface area contributed by atoms with E-state index in [9.17, 15) is 13.2 Å². The van der Waals surface area contributed by atoms with E-state index in [-0.39, 0.29) is 23.8 Å². The second-order valence-electron chi connectivity index (χ2n) is 8.38. The smallest absolute Gasteiger partial charge is 0.240 e. The molecule has 2 aromatic rings. The number of piperidine rings is 1. The van der Waals surface area contributed by atoms with Crippen molar-refractivity contribution in [2.75, 3.05) is 41.0 Å². The second kappa shape index (κ2) is 12.1. The summed E-state index contributed by atoms with van der Waals surface area (Å²) in [7, 11) is 0.841. The van der Waals surface area contributed by atoms with Crippen LogP contribution in [0.15, 0.2) is 47.4 Å². The van der Waals surface area contributed by atoms with E-state index in [2.05, 4.69) is 16.9 Å². The van der Waals surface area contributed by atoms with E-state index in [1.54, 1.807) is 7.11 Å². The normalized spacial score (nSPS) is 14.6. The van der Waals surface area contributed by atoms with Crippen LogP contribution in [-0.4, -0.2) is 60.2 Å². The zero-order valence-corrected chi connectivity index (χ0v) is 20.9. The van der Waals surface area contributed by atoms with Crippen molar-refractivity contribution in [1.29, 1.82) is 0 Å². The van der Waals surface area contributed by atoms with Gasteiger partial charge in [0, 0.05) is 32.1 Å². The van der Waals surface area contributed by atoms with Gasteiger partial charge < -0.3 is 19.1 Å². The molecule has 1 N–H and O–H groups in total. The summed E-state index contributed by atoms with van der Waals surface area (Å²) in [5.41, 5.74) is 1.29. The lowest BCUT2D eigenvalue weighted by molar-refractivity contribution is -0.132. The second-order valence-corrected chi connectivity index (χ2v) is 10.1. The Kier molecular flexibility index (Phi) is 9.18. The van der Waals surface area contributed by atoms with Crippen LogP contribution in [0, 0.1) is 5.92 Å². The summed E-state index contributed by atoms with van der Waals surface area (Å²) in [6.45, 7) is 1.48. The van der Waals surface area contributed by atoms with Gasteiger partial charge in [0.1, 0.15) is 5.75 Å². The van der Waals surface area contributed by atoms with Crippen molar-refractivity contribution in [1.82, 2.24) is 9.62 Å².